The van der Waals surface area contributed by atoms with E-state index in [0.717, 1.165) is 39.3 Å². The summed E-state index contributed by atoms with van der Waals surface area (Å²) in [6.07, 6.45) is 3.69. The Kier molecular flexibility index (Phi) is 1.87. The van der Waals surface area contributed by atoms with E-state index in [0.29, 0.717) is 0 Å². The highest BCUT2D eigenvalue weighted by Gasteiger charge is 2.14. The lowest BCUT2D eigenvalue weighted by Crippen LogP contribution is -1.93. The first-order chi connectivity index (χ1) is 9.24. The molecule has 0 aromatic carbocycles. The van der Waals surface area contributed by atoms with E-state index in [-0.39, 0.29) is 0 Å². The third kappa shape index (κ3) is 1.33. The van der Waals surface area contributed by atoms with Crippen LogP contribution in [-0.2, 0) is 7.05 Å². The molecule has 0 unspecified atom stereocenters. The van der Waals surface area contributed by atoms with Crippen molar-refractivity contribution in [2.24, 2.45) is 7.05 Å². The number of H-pyrrole nitrogens is 2. The summed E-state index contributed by atoms with van der Waals surface area (Å²) in [5.74, 6) is 0.867. The van der Waals surface area contributed by atoms with Gasteiger partial charge in [-0.3, -0.25) is 5.10 Å². The maximum atomic E-state index is 4.64. The van der Waals surface area contributed by atoms with E-state index in [4.69, 9.17) is 0 Å². The third-order valence-corrected chi connectivity index (χ3v) is 3.37. The van der Waals surface area contributed by atoms with Gasteiger partial charge in [-0.15, -0.1) is 0 Å². The summed E-state index contributed by atoms with van der Waals surface area (Å²) in [5.41, 5.74) is 4.71. The van der Waals surface area contributed by atoms with Gasteiger partial charge in [0.15, 0.2) is 5.82 Å². The van der Waals surface area contributed by atoms with E-state index in [1.54, 1.807) is 6.20 Å². The Bertz CT molecular complexity index is 894. The van der Waals surface area contributed by atoms with Gasteiger partial charge in [0.25, 0.3) is 0 Å². The first kappa shape index (κ1) is 10.3. The number of hydrogen-bond donors (Lipinski definition) is 2. The minimum absolute atomic E-state index is 0.867. The fraction of sp³-hybridized carbons (Fsp3) is 0.154. The minimum Gasteiger partial charge on any atom is -0.346 e. The Balaban J connectivity index is 2.10. The molecule has 0 atom stereocenters. The zero-order chi connectivity index (χ0) is 13.0. The summed E-state index contributed by atoms with van der Waals surface area (Å²) in [4.78, 5) is 12.1. The molecule has 6 heteroatoms. The van der Waals surface area contributed by atoms with E-state index in [1.165, 1.54) is 0 Å². The van der Waals surface area contributed by atoms with Gasteiger partial charge in [0.05, 0.1) is 17.4 Å². The summed E-state index contributed by atoms with van der Waals surface area (Å²) in [7, 11) is 2.01. The molecule has 0 aliphatic carbocycles. The molecule has 0 saturated carbocycles. The number of hydrogen-bond acceptors (Lipinski definition) is 3. The predicted octanol–water partition coefficient (Wildman–Crippen LogP) is 2.15. The molecule has 6 nitrogen and oxygen atoms in total. The number of nitrogens with one attached hydrogen (secondary N) is 2. The standard InChI is InChI=1S/C13H12N6/c1-7-5-9(18-17-7)13-16-10-6-15-12-8(3-4-14-12)11(10)19(13)2/h3-6H,1-2H3,(H,14,15)(H,17,18). The van der Waals surface area contributed by atoms with Gasteiger partial charge in [-0.1, -0.05) is 0 Å². The highest BCUT2D eigenvalue weighted by Crippen LogP contribution is 2.27. The van der Waals surface area contributed by atoms with Crippen LogP contribution in [0, 0.1) is 6.92 Å². The summed E-state index contributed by atoms with van der Waals surface area (Å²) >= 11 is 0. The summed E-state index contributed by atoms with van der Waals surface area (Å²) in [6, 6.07) is 4.01. The zero-order valence-electron chi connectivity index (χ0n) is 10.6. The summed E-state index contributed by atoms with van der Waals surface area (Å²) in [6.45, 7) is 1.95. The maximum Gasteiger partial charge on any atom is 0.159 e. The maximum absolute atomic E-state index is 4.64. The number of aryl methyl sites for hydroxylation is 2. The molecule has 0 aliphatic rings. The quantitative estimate of drug-likeness (QED) is 0.545. The van der Waals surface area contributed by atoms with Crippen LogP contribution in [0.4, 0.5) is 0 Å². The van der Waals surface area contributed by atoms with E-state index in [9.17, 15) is 0 Å². The number of fused-ring (bicyclic) bond motifs is 3. The SMILES string of the molecule is Cc1cc(-c2nc3cnc4[nH]ccc4c3n2C)[nH]n1. The molecule has 4 aromatic heterocycles. The topological polar surface area (TPSA) is 75.2 Å². The number of nitrogens with zero attached hydrogens (tertiary/aromatic N) is 4. The van der Waals surface area contributed by atoms with Crippen LogP contribution >= 0.6 is 0 Å². The van der Waals surface area contributed by atoms with Crippen molar-refractivity contribution in [3.8, 4) is 11.5 Å². The minimum atomic E-state index is 0.867. The molecule has 0 fully saturated rings. The highest BCUT2D eigenvalue weighted by atomic mass is 15.2. The molecule has 0 aliphatic heterocycles. The van der Waals surface area contributed by atoms with Crippen molar-refractivity contribution in [2.75, 3.05) is 0 Å². The van der Waals surface area contributed by atoms with Crippen LogP contribution in [0.2, 0.25) is 0 Å². The van der Waals surface area contributed by atoms with Gasteiger partial charge in [-0.05, 0) is 19.1 Å². The molecule has 4 aromatic rings. The Morgan fingerprint density at radius 3 is 3.00 bits per heavy atom. The van der Waals surface area contributed by atoms with Crippen LogP contribution in [0.5, 0.6) is 0 Å². The van der Waals surface area contributed by atoms with Crippen molar-refractivity contribution in [3.63, 3.8) is 0 Å². The van der Waals surface area contributed by atoms with E-state index < -0.39 is 0 Å². The fourth-order valence-corrected chi connectivity index (χ4v) is 2.49. The van der Waals surface area contributed by atoms with Gasteiger partial charge in [0, 0.05) is 18.6 Å². The van der Waals surface area contributed by atoms with Crippen molar-refractivity contribution in [3.05, 3.63) is 30.2 Å². The molecule has 19 heavy (non-hydrogen) atoms. The molecule has 4 heterocycles. The molecule has 0 bridgehead atoms. The molecule has 0 spiro atoms. The lowest BCUT2D eigenvalue weighted by Gasteiger charge is -1.99. The fourth-order valence-electron chi connectivity index (χ4n) is 2.49. The summed E-state index contributed by atoms with van der Waals surface area (Å²) in [5, 5.41) is 8.24. The second-order valence-electron chi connectivity index (χ2n) is 4.65. The molecule has 94 valence electrons. The molecule has 0 radical (unpaired) electrons. The van der Waals surface area contributed by atoms with Gasteiger partial charge < -0.3 is 9.55 Å². The summed E-state index contributed by atoms with van der Waals surface area (Å²) < 4.78 is 2.07. The number of pyridine rings is 1. The van der Waals surface area contributed by atoms with Crippen LogP contribution in [0.1, 0.15) is 5.69 Å². The van der Waals surface area contributed by atoms with Crippen molar-refractivity contribution >= 4 is 22.1 Å². The Morgan fingerprint density at radius 1 is 1.32 bits per heavy atom. The smallest absolute Gasteiger partial charge is 0.159 e. The number of rotatable bonds is 1. The second-order valence-corrected chi connectivity index (χ2v) is 4.65. The third-order valence-electron chi connectivity index (χ3n) is 3.37. The normalized spacial score (nSPS) is 11.7. The van der Waals surface area contributed by atoms with Crippen molar-refractivity contribution in [2.45, 2.75) is 6.92 Å². The zero-order valence-corrected chi connectivity index (χ0v) is 10.6. The number of aromatic nitrogens is 6. The van der Waals surface area contributed by atoms with Crippen LogP contribution in [0.3, 0.4) is 0 Å². The molecule has 4 rings (SSSR count). The van der Waals surface area contributed by atoms with Crippen molar-refractivity contribution in [1.29, 1.82) is 0 Å². The first-order valence-electron chi connectivity index (χ1n) is 6.05. The van der Waals surface area contributed by atoms with Crippen LogP contribution < -0.4 is 0 Å². The Labute approximate surface area is 108 Å². The predicted molar refractivity (Wildman–Crippen MR) is 72.7 cm³/mol. The van der Waals surface area contributed by atoms with Crippen molar-refractivity contribution in [1.82, 2.24) is 29.7 Å². The van der Waals surface area contributed by atoms with Crippen LogP contribution in [0.15, 0.2) is 24.5 Å². The number of aromatic amines is 2. The lowest BCUT2D eigenvalue weighted by molar-refractivity contribution is 0.944. The molecule has 0 amide bonds. The van der Waals surface area contributed by atoms with Gasteiger partial charge in [-0.25, -0.2) is 9.97 Å². The highest BCUT2D eigenvalue weighted by molar-refractivity contribution is 6.02. The van der Waals surface area contributed by atoms with Crippen LogP contribution in [0.25, 0.3) is 33.6 Å². The lowest BCUT2D eigenvalue weighted by atomic mass is 10.3. The van der Waals surface area contributed by atoms with Crippen LogP contribution in [-0.4, -0.2) is 29.7 Å². The molecular weight excluding hydrogens is 240 g/mol. The molecular formula is C13H12N6. The molecule has 2 N–H and O–H groups in total. The van der Waals surface area contributed by atoms with Crippen molar-refractivity contribution < 1.29 is 0 Å². The second kappa shape index (κ2) is 3.44. The molecule has 0 saturated heterocycles. The average molecular weight is 252 g/mol. The first-order valence-corrected chi connectivity index (χ1v) is 6.05. The van der Waals surface area contributed by atoms with E-state index in [2.05, 4.69) is 29.7 Å². The van der Waals surface area contributed by atoms with Gasteiger partial charge in [0.2, 0.25) is 0 Å². The largest absolute Gasteiger partial charge is 0.346 e. The Morgan fingerprint density at radius 2 is 2.21 bits per heavy atom. The van der Waals surface area contributed by atoms with Gasteiger partial charge in [0.1, 0.15) is 16.9 Å². The van der Waals surface area contributed by atoms with Gasteiger partial charge >= 0.3 is 0 Å². The van der Waals surface area contributed by atoms with E-state index >= 15 is 0 Å². The van der Waals surface area contributed by atoms with E-state index in [1.807, 2.05) is 32.3 Å². The number of imidazole rings is 1. The average Bonchev–Trinajstić information content (AvgIpc) is 3.07. The van der Waals surface area contributed by atoms with Gasteiger partial charge in [-0.2, -0.15) is 5.10 Å². The monoisotopic (exact) mass is 252 g/mol. The Hall–Kier alpha value is -2.63.